The zero-order chi connectivity index (χ0) is 14.8. The number of allylic oxidation sites excluding steroid dienone is 1. The largest absolute Gasteiger partial charge is 0.459 e. The summed E-state index contributed by atoms with van der Waals surface area (Å²) in [5.74, 6) is -0.344. The molecule has 1 aliphatic carbocycles. The van der Waals surface area contributed by atoms with Crippen LogP contribution in [0, 0.1) is 5.41 Å². The quantitative estimate of drug-likeness (QED) is 0.628. The SMILES string of the molecule is CC(=O)O[C@@H](C)/C=C/[C@]1(O)C(C)=CC(=O)CC1(C)C. The Morgan fingerprint density at radius 1 is 1.53 bits per heavy atom. The van der Waals surface area contributed by atoms with Gasteiger partial charge in [-0.1, -0.05) is 13.8 Å². The van der Waals surface area contributed by atoms with Gasteiger partial charge in [-0.15, -0.1) is 0 Å². The van der Waals surface area contributed by atoms with Gasteiger partial charge in [0.05, 0.1) is 0 Å². The maximum absolute atomic E-state index is 11.6. The molecule has 106 valence electrons. The molecule has 0 aromatic carbocycles. The van der Waals surface area contributed by atoms with Gasteiger partial charge in [-0.3, -0.25) is 9.59 Å². The van der Waals surface area contributed by atoms with Gasteiger partial charge >= 0.3 is 5.97 Å². The average Bonchev–Trinajstić information content (AvgIpc) is 2.21. The molecular formula is C15H22O4. The molecule has 4 heteroatoms. The number of hydrogen-bond acceptors (Lipinski definition) is 4. The predicted molar refractivity (Wildman–Crippen MR) is 72.5 cm³/mol. The summed E-state index contributed by atoms with van der Waals surface area (Å²) in [4.78, 5) is 22.4. The van der Waals surface area contributed by atoms with Gasteiger partial charge in [0.15, 0.2) is 5.78 Å². The van der Waals surface area contributed by atoms with Crippen molar-refractivity contribution in [1.29, 1.82) is 0 Å². The Morgan fingerprint density at radius 3 is 2.58 bits per heavy atom. The van der Waals surface area contributed by atoms with Crippen LogP contribution in [-0.4, -0.2) is 28.6 Å². The van der Waals surface area contributed by atoms with E-state index in [1.165, 1.54) is 13.0 Å². The van der Waals surface area contributed by atoms with Crippen LogP contribution in [0.5, 0.6) is 0 Å². The molecule has 0 saturated heterocycles. The number of carbonyl (C=O) groups is 2. The second kappa shape index (κ2) is 5.29. The van der Waals surface area contributed by atoms with Crippen molar-refractivity contribution in [3.05, 3.63) is 23.8 Å². The summed E-state index contributed by atoms with van der Waals surface area (Å²) >= 11 is 0. The van der Waals surface area contributed by atoms with Gasteiger partial charge in [0.1, 0.15) is 11.7 Å². The summed E-state index contributed by atoms with van der Waals surface area (Å²) in [6, 6.07) is 0. The lowest BCUT2D eigenvalue weighted by atomic mass is 9.64. The van der Waals surface area contributed by atoms with Gasteiger partial charge in [0.2, 0.25) is 0 Å². The number of aliphatic hydroxyl groups is 1. The number of rotatable bonds is 3. The minimum atomic E-state index is -1.20. The van der Waals surface area contributed by atoms with E-state index in [-0.39, 0.29) is 18.2 Å². The van der Waals surface area contributed by atoms with Crippen molar-refractivity contribution in [1.82, 2.24) is 0 Å². The van der Waals surface area contributed by atoms with Crippen molar-refractivity contribution < 1.29 is 19.4 Å². The molecule has 0 aromatic heterocycles. The number of ether oxygens (including phenoxy) is 1. The van der Waals surface area contributed by atoms with E-state index in [0.29, 0.717) is 5.57 Å². The summed E-state index contributed by atoms with van der Waals surface area (Å²) in [5.41, 5.74) is -1.18. The summed E-state index contributed by atoms with van der Waals surface area (Å²) in [5, 5.41) is 10.8. The first-order valence-electron chi connectivity index (χ1n) is 6.39. The zero-order valence-electron chi connectivity index (χ0n) is 12.2. The summed E-state index contributed by atoms with van der Waals surface area (Å²) in [6.07, 6.45) is 4.62. The van der Waals surface area contributed by atoms with Crippen LogP contribution in [-0.2, 0) is 14.3 Å². The van der Waals surface area contributed by atoms with E-state index < -0.39 is 17.1 Å². The molecule has 1 N–H and O–H groups in total. The van der Waals surface area contributed by atoms with Crippen molar-refractivity contribution in [3.63, 3.8) is 0 Å². The van der Waals surface area contributed by atoms with Crippen LogP contribution < -0.4 is 0 Å². The first kappa shape index (κ1) is 15.6. The Morgan fingerprint density at radius 2 is 2.11 bits per heavy atom. The summed E-state index contributed by atoms with van der Waals surface area (Å²) in [6.45, 7) is 8.50. The normalized spacial score (nSPS) is 28.1. The van der Waals surface area contributed by atoms with Crippen molar-refractivity contribution in [2.24, 2.45) is 5.41 Å². The standard InChI is InChI=1S/C15H22O4/c1-10-8-13(17)9-14(4,5)15(10,18)7-6-11(2)19-12(3)16/h6-8,11,18H,9H2,1-5H3/b7-6+/t11-,15-/m0/s1. The van der Waals surface area contributed by atoms with Crippen molar-refractivity contribution >= 4 is 11.8 Å². The lowest BCUT2D eigenvalue weighted by molar-refractivity contribution is -0.143. The second-order valence-electron chi connectivity index (χ2n) is 5.79. The van der Waals surface area contributed by atoms with Gasteiger partial charge in [-0.2, -0.15) is 0 Å². The topological polar surface area (TPSA) is 63.6 Å². The van der Waals surface area contributed by atoms with Crippen LogP contribution in [0.1, 0.15) is 41.0 Å². The Kier molecular flexibility index (Phi) is 4.35. The highest BCUT2D eigenvalue weighted by atomic mass is 16.5. The van der Waals surface area contributed by atoms with Crippen molar-refractivity contribution in [3.8, 4) is 0 Å². The fourth-order valence-electron chi connectivity index (χ4n) is 2.44. The summed E-state index contributed by atoms with van der Waals surface area (Å²) < 4.78 is 4.99. The van der Waals surface area contributed by atoms with Gasteiger partial charge in [-0.25, -0.2) is 0 Å². The molecule has 0 radical (unpaired) electrons. The van der Waals surface area contributed by atoms with Crippen molar-refractivity contribution in [2.75, 3.05) is 0 Å². The maximum atomic E-state index is 11.6. The van der Waals surface area contributed by atoms with E-state index in [1.807, 2.05) is 13.8 Å². The van der Waals surface area contributed by atoms with Gasteiger partial charge in [-0.05, 0) is 37.6 Å². The third-order valence-electron chi connectivity index (χ3n) is 3.59. The molecule has 1 aliphatic rings. The highest BCUT2D eigenvalue weighted by Crippen LogP contribution is 2.44. The molecule has 0 fully saturated rings. The summed E-state index contributed by atoms with van der Waals surface area (Å²) in [7, 11) is 0. The van der Waals surface area contributed by atoms with Gasteiger partial charge in [0.25, 0.3) is 0 Å². The monoisotopic (exact) mass is 266 g/mol. The number of carbonyl (C=O) groups excluding carboxylic acids is 2. The van der Waals surface area contributed by atoms with Gasteiger partial charge in [0, 0.05) is 18.8 Å². The molecule has 2 atom stereocenters. The van der Waals surface area contributed by atoms with E-state index in [2.05, 4.69) is 0 Å². The second-order valence-corrected chi connectivity index (χ2v) is 5.79. The number of esters is 1. The van der Waals surface area contributed by atoms with E-state index in [0.717, 1.165) is 0 Å². The first-order chi connectivity index (χ1) is 8.58. The molecule has 0 amide bonds. The van der Waals surface area contributed by atoms with Crippen LogP contribution in [0.3, 0.4) is 0 Å². The third kappa shape index (κ3) is 3.32. The van der Waals surface area contributed by atoms with Crippen LogP contribution in [0.15, 0.2) is 23.8 Å². The average molecular weight is 266 g/mol. The fraction of sp³-hybridized carbons (Fsp3) is 0.600. The molecular weight excluding hydrogens is 244 g/mol. The Bertz CT molecular complexity index is 445. The predicted octanol–water partition coefficient (Wildman–Crippen LogP) is 2.17. The zero-order valence-corrected chi connectivity index (χ0v) is 12.2. The molecule has 0 unspecified atom stereocenters. The van der Waals surface area contributed by atoms with Crippen LogP contribution in [0.2, 0.25) is 0 Å². The lowest BCUT2D eigenvalue weighted by Gasteiger charge is -2.44. The van der Waals surface area contributed by atoms with E-state index >= 15 is 0 Å². The number of ketones is 1. The van der Waals surface area contributed by atoms with Crippen LogP contribution >= 0.6 is 0 Å². The molecule has 4 nitrogen and oxygen atoms in total. The molecule has 0 aliphatic heterocycles. The molecule has 0 bridgehead atoms. The van der Waals surface area contributed by atoms with E-state index in [9.17, 15) is 14.7 Å². The van der Waals surface area contributed by atoms with Gasteiger partial charge < -0.3 is 9.84 Å². The smallest absolute Gasteiger partial charge is 0.303 e. The molecule has 19 heavy (non-hydrogen) atoms. The fourth-order valence-corrected chi connectivity index (χ4v) is 2.44. The highest BCUT2D eigenvalue weighted by molar-refractivity contribution is 5.92. The van der Waals surface area contributed by atoms with E-state index in [1.54, 1.807) is 26.0 Å². The Labute approximate surface area is 114 Å². The van der Waals surface area contributed by atoms with Crippen LogP contribution in [0.25, 0.3) is 0 Å². The minimum absolute atomic E-state index is 0.0219. The third-order valence-corrected chi connectivity index (χ3v) is 3.59. The van der Waals surface area contributed by atoms with E-state index in [4.69, 9.17) is 4.74 Å². The maximum Gasteiger partial charge on any atom is 0.303 e. The van der Waals surface area contributed by atoms with Crippen LogP contribution in [0.4, 0.5) is 0 Å². The highest BCUT2D eigenvalue weighted by Gasteiger charge is 2.46. The minimum Gasteiger partial charge on any atom is -0.459 e. The molecule has 0 aromatic rings. The molecule has 0 saturated carbocycles. The first-order valence-corrected chi connectivity index (χ1v) is 6.39. The van der Waals surface area contributed by atoms with Crippen molar-refractivity contribution in [2.45, 2.75) is 52.7 Å². The Balaban J connectivity index is 3.01. The molecule has 1 rings (SSSR count). The molecule has 0 spiro atoms. The Hall–Kier alpha value is -1.42. The molecule has 0 heterocycles. The lowest BCUT2D eigenvalue weighted by Crippen LogP contribution is -2.48. The number of hydrogen-bond donors (Lipinski definition) is 1.